The Morgan fingerprint density at radius 1 is 1.05 bits per heavy atom. The highest BCUT2D eigenvalue weighted by Crippen LogP contribution is 2.31. The molecule has 2 aromatic rings. The molecule has 0 aliphatic rings. The van der Waals surface area contributed by atoms with Crippen LogP contribution in [0, 0.1) is 0 Å². The summed E-state index contributed by atoms with van der Waals surface area (Å²) in [7, 11) is 0. The molecule has 0 radical (unpaired) electrons. The summed E-state index contributed by atoms with van der Waals surface area (Å²) in [6, 6.07) is 15.2. The van der Waals surface area contributed by atoms with Gasteiger partial charge < -0.3 is 10.2 Å². The second-order valence-electron chi connectivity index (χ2n) is 4.19. The van der Waals surface area contributed by atoms with E-state index in [4.69, 9.17) is 11.6 Å². The van der Waals surface area contributed by atoms with Gasteiger partial charge >= 0.3 is 0 Å². The van der Waals surface area contributed by atoms with Crippen LogP contribution in [0.25, 0.3) is 0 Å². The highest BCUT2D eigenvalue weighted by molar-refractivity contribution is 8.00. The minimum absolute atomic E-state index is 0.00762. The van der Waals surface area contributed by atoms with Crippen molar-refractivity contribution in [2.45, 2.75) is 16.6 Å². The molecule has 2 nitrogen and oxygen atoms in total. The number of aliphatic hydroxyl groups excluding tert-OH is 1. The normalized spacial score (nSPS) is 12.3. The Bertz CT molecular complexity index is 531. The van der Waals surface area contributed by atoms with E-state index < -0.39 is 0 Å². The molecule has 1 atom stereocenters. The summed E-state index contributed by atoms with van der Waals surface area (Å²) < 4.78 is 0. The number of rotatable bonds is 5. The van der Waals surface area contributed by atoms with E-state index in [1.165, 1.54) is 0 Å². The molecule has 0 saturated carbocycles. The highest BCUT2D eigenvalue weighted by atomic mass is 35.5. The zero-order chi connectivity index (χ0) is 13.7. The third kappa shape index (κ3) is 3.90. The number of aliphatic hydroxyl groups is 1. The van der Waals surface area contributed by atoms with Gasteiger partial charge in [-0.1, -0.05) is 41.9 Å². The number of halogens is 1. The van der Waals surface area contributed by atoms with E-state index in [1.54, 1.807) is 23.9 Å². The molecule has 0 spiro atoms. The van der Waals surface area contributed by atoms with Gasteiger partial charge in [0, 0.05) is 10.1 Å². The van der Waals surface area contributed by atoms with E-state index in [0.29, 0.717) is 11.4 Å². The number of hydrogen-bond donors (Lipinski definition) is 2. The highest BCUT2D eigenvalue weighted by Gasteiger charge is 2.14. The van der Waals surface area contributed by atoms with Crippen LogP contribution in [-0.4, -0.2) is 22.1 Å². The predicted octanol–water partition coefficient (Wildman–Crippen LogP) is 3.74. The lowest BCUT2D eigenvalue weighted by atomic mass is 10.1. The molecule has 2 aromatic carbocycles. The van der Waals surface area contributed by atoms with E-state index in [1.807, 2.05) is 36.4 Å². The van der Waals surface area contributed by atoms with Gasteiger partial charge in [0.25, 0.3) is 0 Å². The molecule has 0 aliphatic carbocycles. The van der Waals surface area contributed by atoms with Gasteiger partial charge in [0.15, 0.2) is 0 Å². The molecule has 1 unspecified atom stereocenters. The van der Waals surface area contributed by atoms with E-state index in [9.17, 15) is 10.2 Å². The number of thioether (sulfide) groups is 1. The fraction of sp³-hybridized carbons (Fsp3) is 0.200. The maximum Gasteiger partial charge on any atom is 0.137 e. The average Bonchev–Trinajstić information content (AvgIpc) is 2.44. The summed E-state index contributed by atoms with van der Waals surface area (Å²) in [6.07, 6.45) is 0.572. The Morgan fingerprint density at radius 2 is 1.79 bits per heavy atom. The number of phenols is 1. The molecule has 0 amide bonds. The SMILES string of the molecule is OCC(Cc1cccc(Cl)c1O)Sc1ccccc1. The maximum atomic E-state index is 9.89. The molecule has 2 N–H and O–H groups in total. The van der Waals surface area contributed by atoms with E-state index in [-0.39, 0.29) is 17.6 Å². The third-order valence-electron chi connectivity index (χ3n) is 2.77. The van der Waals surface area contributed by atoms with Gasteiger partial charge in [-0.15, -0.1) is 11.8 Å². The second kappa shape index (κ2) is 6.85. The Balaban J connectivity index is 2.09. The van der Waals surface area contributed by atoms with Crippen molar-refractivity contribution in [2.75, 3.05) is 6.61 Å². The molecule has 100 valence electrons. The summed E-state index contributed by atoms with van der Waals surface area (Å²) in [6.45, 7) is 0.0471. The lowest BCUT2D eigenvalue weighted by Gasteiger charge is -2.15. The van der Waals surface area contributed by atoms with Gasteiger partial charge in [0.1, 0.15) is 5.75 Å². The van der Waals surface area contributed by atoms with Crippen LogP contribution in [0.15, 0.2) is 53.4 Å². The second-order valence-corrected chi connectivity index (χ2v) is 5.97. The Hall–Kier alpha value is -1.16. The number of benzene rings is 2. The number of aromatic hydroxyl groups is 1. The van der Waals surface area contributed by atoms with Crippen molar-refractivity contribution in [1.82, 2.24) is 0 Å². The molecule has 4 heteroatoms. The average molecular weight is 295 g/mol. The van der Waals surface area contributed by atoms with Crippen molar-refractivity contribution in [3.63, 3.8) is 0 Å². The Kier molecular flexibility index (Phi) is 5.14. The third-order valence-corrected chi connectivity index (χ3v) is 4.27. The molecular formula is C15H15ClO2S. The molecule has 0 aliphatic heterocycles. The predicted molar refractivity (Wildman–Crippen MR) is 80.0 cm³/mol. The molecule has 0 fully saturated rings. The van der Waals surface area contributed by atoms with Crippen molar-refractivity contribution in [3.8, 4) is 5.75 Å². The van der Waals surface area contributed by atoms with Crippen molar-refractivity contribution in [2.24, 2.45) is 0 Å². The van der Waals surface area contributed by atoms with E-state index in [0.717, 1.165) is 10.5 Å². The molecule has 19 heavy (non-hydrogen) atoms. The standard InChI is InChI=1S/C15H15ClO2S/c16-14-8-4-5-11(15(14)18)9-13(10-17)19-12-6-2-1-3-7-12/h1-8,13,17-18H,9-10H2. The smallest absolute Gasteiger partial charge is 0.137 e. The molecule has 0 aromatic heterocycles. The summed E-state index contributed by atoms with van der Waals surface area (Å²) in [4.78, 5) is 1.10. The lowest BCUT2D eigenvalue weighted by molar-refractivity contribution is 0.293. The topological polar surface area (TPSA) is 40.5 Å². The zero-order valence-electron chi connectivity index (χ0n) is 10.3. The van der Waals surface area contributed by atoms with Crippen LogP contribution < -0.4 is 0 Å². The van der Waals surface area contributed by atoms with Crippen LogP contribution in [0.4, 0.5) is 0 Å². The fourth-order valence-electron chi connectivity index (χ4n) is 1.80. The Labute approximate surface area is 122 Å². The first-order chi connectivity index (χ1) is 9.20. The number of phenolic OH excluding ortho intramolecular Hbond substituents is 1. The molecular weight excluding hydrogens is 280 g/mol. The van der Waals surface area contributed by atoms with Gasteiger partial charge in [0.05, 0.1) is 11.6 Å². The van der Waals surface area contributed by atoms with Crippen molar-refractivity contribution in [3.05, 3.63) is 59.1 Å². The first-order valence-electron chi connectivity index (χ1n) is 5.99. The van der Waals surface area contributed by atoms with Crippen LogP contribution in [0.1, 0.15) is 5.56 Å². The van der Waals surface area contributed by atoms with Gasteiger partial charge in [-0.05, 0) is 30.2 Å². The van der Waals surface area contributed by atoms with Gasteiger partial charge in [-0.2, -0.15) is 0 Å². The van der Waals surface area contributed by atoms with E-state index >= 15 is 0 Å². The summed E-state index contributed by atoms with van der Waals surface area (Å²) in [5.74, 6) is 0.108. The molecule has 0 saturated heterocycles. The van der Waals surface area contributed by atoms with Crippen LogP contribution >= 0.6 is 23.4 Å². The first-order valence-corrected chi connectivity index (χ1v) is 7.25. The van der Waals surface area contributed by atoms with Crippen molar-refractivity contribution < 1.29 is 10.2 Å². The quantitative estimate of drug-likeness (QED) is 0.825. The van der Waals surface area contributed by atoms with Gasteiger partial charge in [-0.25, -0.2) is 0 Å². The zero-order valence-corrected chi connectivity index (χ0v) is 11.9. The fourth-order valence-corrected chi connectivity index (χ4v) is 3.04. The maximum absolute atomic E-state index is 9.89. The van der Waals surface area contributed by atoms with Crippen LogP contribution in [0.2, 0.25) is 5.02 Å². The molecule has 0 bridgehead atoms. The van der Waals surface area contributed by atoms with E-state index in [2.05, 4.69) is 0 Å². The van der Waals surface area contributed by atoms with Crippen molar-refractivity contribution >= 4 is 23.4 Å². The summed E-state index contributed by atoms with van der Waals surface area (Å²) >= 11 is 7.48. The monoisotopic (exact) mass is 294 g/mol. The Morgan fingerprint density at radius 3 is 2.47 bits per heavy atom. The molecule has 0 heterocycles. The minimum Gasteiger partial charge on any atom is -0.506 e. The minimum atomic E-state index is -0.00762. The summed E-state index contributed by atoms with van der Waals surface area (Å²) in [5, 5.41) is 19.7. The van der Waals surface area contributed by atoms with Crippen LogP contribution in [-0.2, 0) is 6.42 Å². The largest absolute Gasteiger partial charge is 0.506 e. The van der Waals surface area contributed by atoms with Gasteiger partial charge in [-0.3, -0.25) is 0 Å². The number of para-hydroxylation sites is 1. The molecule has 2 rings (SSSR count). The number of hydrogen-bond acceptors (Lipinski definition) is 3. The van der Waals surface area contributed by atoms with Crippen molar-refractivity contribution in [1.29, 1.82) is 0 Å². The first kappa shape index (κ1) is 14.3. The lowest BCUT2D eigenvalue weighted by Crippen LogP contribution is -2.12. The summed E-state index contributed by atoms with van der Waals surface area (Å²) in [5.41, 5.74) is 0.759. The van der Waals surface area contributed by atoms with Crippen LogP contribution in [0.5, 0.6) is 5.75 Å². The van der Waals surface area contributed by atoms with Gasteiger partial charge in [0.2, 0.25) is 0 Å². The van der Waals surface area contributed by atoms with Crippen LogP contribution in [0.3, 0.4) is 0 Å².